The van der Waals surface area contributed by atoms with E-state index in [2.05, 4.69) is 26.8 Å². The largest absolute Gasteiger partial charge is 0.385 e. The smallest absolute Gasteiger partial charge is 0.165 e. The van der Waals surface area contributed by atoms with Gasteiger partial charge in [-0.1, -0.05) is 38.8 Å². The van der Waals surface area contributed by atoms with Crippen LogP contribution < -0.4 is 0 Å². The molecule has 4 aliphatic rings. The molecule has 7 atom stereocenters. The summed E-state index contributed by atoms with van der Waals surface area (Å²) in [6, 6.07) is 0. The molecule has 0 aliphatic heterocycles. The molecule has 0 heterocycles. The first-order chi connectivity index (χ1) is 10.3. The third-order valence-electron chi connectivity index (χ3n) is 8.09. The van der Waals surface area contributed by atoms with Gasteiger partial charge < -0.3 is 5.11 Å². The minimum Gasteiger partial charge on any atom is -0.385 e. The summed E-state index contributed by atoms with van der Waals surface area (Å²) in [5.41, 5.74) is 1.97. The highest BCUT2D eigenvalue weighted by atomic mass is 16.3. The average molecular weight is 302 g/mol. The van der Waals surface area contributed by atoms with Crippen molar-refractivity contribution < 1.29 is 9.90 Å². The lowest BCUT2D eigenvalue weighted by Crippen LogP contribution is -2.53. The molecule has 3 fully saturated rings. The van der Waals surface area contributed by atoms with Crippen molar-refractivity contribution in [2.24, 2.45) is 34.5 Å². The van der Waals surface area contributed by atoms with Crippen molar-refractivity contribution in [3.63, 3.8) is 0 Å². The molecule has 2 nitrogen and oxygen atoms in total. The zero-order chi connectivity index (χ0) is 15.7. The molecule has 1 unspecified atom stereocenters. The second-order valence-electron chi connectivity index (χ2n) is 9.21. The maximum Gasteiger partial charge on any atom is 0.165 e. The maximum atomic E-state index is 12.0. The minimum absolute atomic E-state index is 0.0379. The standard InChI is InChI=1S/C20H30O2/c1-12-9-13-10-16(21)17(22)11-20(13,3)15-6-8-19(2)7-4-5-14(19)18(12)15/h9,12,14-15,17-18,22H,4-8,10-11H2,1-3H3/t12-,14+,15+,17?,18+,19+,20+/m1/s1. The molecule has 0 radical (unpaired) electrons. The summed E-state index contributed by atoms with van der Waals surface area (Å²) in [4.78, 5) is 12.0. The van der Waals surface area contributed by atoms with Crippen molar-refractivity contribution in [2.75, 3.05) is 0 Å². The Labute approximate surface area is 134 Å². The zero-order valence-corrected chi connectivity index (χ0v) is 14.3. The van der Waals surface area contributed by atoms with Crippen LogP contribution in [-0.2, 0) is 4.79 Å². The van der Waals surface area contributed by atoms with Crippen LogP contribution in [0.1, 0.15) is 65.7 Å². The van der Waals surface area contributed by atoms with E-state index in [1.807, 2.05) is 0 Å². The van der Waals surface area contributed by atoms with E-state index in [0.29, 0.717) is 30.1 Å². The molecule has 2 heteroatoms. The second-order valence-corrected chi connectivity index (χ2v) is 9.21. The SMILES string of the molecule is C[C@@H]1C=C2CC(=O)C(O)C[C@]2(C)[C@H]2CC[C@]3(C)CCC[C@H]3[C@H]12. The number of rotatable bonds is 0. The fraction of sp³-hybridized carbons (Fsp3) is 0.850. The molecule has 0 amide bonds. The number of allylic oxidation sites excluding steroid dienone is 2. The number of Topliss-reactive ketones (excluding diaryl/α,β-unsaturated/α-hetero) is 1. The van der Waals surface area contributed by atoms with Gasteiger partial charge in [-0.25, -0.2) is 0 Å². The summed E-state index contributed by atoms with van der Waals surface area (Å²) in [7, 11) is 0. The molecule has 22 heavy (non-hydrogen) atoms. The Morgan fingerprint density at radius 2 is 1.95 bits per heavy atom. The van der Waals surface area contributed by atoms with Crippen molar-refractivity contribution >= 4 is 5.78 Å². The van der Waals surface area contributed by atoms with E-state index in [4.69, 9.17) is 0 Å². The number of aliphatic hydroxyl groups is 1. The van der Waals surface area contributed by atoms with E-state index < -0.39 is 6.10 Å². The van der Waals surface area contributed by atoms with Crippen molar-refractivity contribution in [3.05, 3.63) is 11.6 Å². The first kappa shape index (κ1) is 14.9. The highest BCUT2D eigenvalue weighted by Crippen LogP contribution is 2.65. The molecule has 0 aromatic carbocycles. The predicted molar refractivity (Wildman–Crippen MR) is 87.3 cm³/mol. The molecular formula is C20H30O2. The van der Waals surface area contributed by atoms with Crippen LogP contribution in [0.2, 0.25) is 0 Å². The summed E-state index contributed by atoms with van der Waals surface area (Å²) in [6.07, 6.45) is 9.68. The Hall–Kier alpha value is -0.630. The van der Waals surface area contributed by atoms with Gasteiger partial charge >= 0.3 is 0 Å². The van der Waals surface area contributed by atoms with Gasteiger partial charge in [-0.15, -0.1) is 0 Å². The van der Waals surface area contributed by atoms with Crippen LogP contribution in [0.4, 0.5) is 0 Å². The van der Waals surface area contributed by atoms with Crippen molar-refractivity contribution in [1.29, 1.82) is 0 Å². The predicted octanol–water partition coefficient (Wildman–Crippen LogP) is 4.13. The Morgan fingerprint density at radius 1 is 1.18 bits per heavy atom. The molecule has 3 saturated carbocycles. The highest BCUT2D eigenvalue weighted by Gasteiger charge is 2.58. The van der Waals surface area contributed by atoms with Gasteiger partial charge in [-0.05, 0) is 66.6 Å². The van der Waals surface area contributed by atoms with Crippen LogP contribution >= 0.6 is 0 Å². The van der Waals surface area contributed by atoms with Gasteiger partial charge in [0, 0.05) is 6.42 Å². The molecule has 0 bridgehead atoms. The Morgan fingerprint density at radius 3 is 2.73 bits per heavy atom. The molecule has 0 aromatic rings. The van der Waals surface area contributed by atoms with Crippen molar-refractivity contribution in [1.82, 2.24) is 0 Å². The van der Waals surface area contributed by atoms with E-state index in [-0.39, 0.29) is 11.2 Å². The quantitative estimate of drug-likeness (QED) is 0.683. The summed E-state index contributed by atoms with van der Waals surface area (Å²) in [5, 5.41) is 10.2. The molecule has 4 aliphatic carbocycles. The molecule has 122 valence electrons. The first-order valence-corrected chi connectivity index (χ1v) is 9.27. The number of aliphatic hydroxyl groups excluding tert-OH is 1. The number of hydrogen-bond donors (Lipinski definition) is 1. The van der Waals surface area contributed by atoms with Gasteiger partial charge in [0.1, 0.15) is 6.10 Å². The lowest BCUT2D eigenvalue weighted by atomic mass is 9.46. The molecule has 1 N–H and O–H groups in total. The third kappa shape index (κ3) is 1.85. The number of ketones is 1. The minimum atomic E-state index is -0.729. The van der Waals surface area contributed by atoms with Crippen LogP contribution in [0.5, 0.6) is 0 Å². The van der Waals surface area contributed by atoms with Crippen LogP contribution in [-0.4, -0.2) is 17.0 Å². The summed E-state index contributed by atoms with van der Waals surface area (Å²) >= 11 is 0. The molecular weight excluding hydrogens is 272 g/mol. The number of carbonyl (C=O) groups is 1. The monoisotopic (exact) mass is 302 g/mol. The van der Waals surface area contributed by atoms with Crippen molar-refractivity contribution in [2.45, 2.75) is 71.8 Å². The van der Waals surface area contributed by atoms with Gasteiger partial charge in [0.25, 0.3) is 0 Å². The van der Waals surface area contributed by atoms with Crippen LogP contribution in [0, 0.1) is 34.5 Å². The van der Waals surface area contributed by atoms with E-state index in [1.165, 1.54) is 37.7 Å². The van der Waals surface area contributed by atoms with E-state index in [0.717, 1.165) is 11.8 Å². The average Bonchev–Trinajstić information content (AvgIpc) is 2.84. The molecule has 4 rings (SSSR count). The Bertz CT molecular complexity index is 536. The Kier molecular flexibility index (Phi) is 3.18. The van der Waals surface area contributed by atoms with Crippen LogP contribution in [0.15, 0.2) is 11.6 Å². The van der Waals surface area contributed by atoms with Gasteiger partial charge in [0.05, 0.1) is 0 Å². The first-order valence-electron chi connectivity index (χ1n) is 9.27. The highest BCUT2D eigenvalue weighted by molar-refractivity contribution is 5.86. The molecule has 0 spiro atoms. The summed E-state index contributed by atoms with van der Waals surface area (Å²) in [5.74, 6) is 2.91. The van der Waals surface area contributed by atoms with E-state index in [9.17, 15) is 9.90 Å². The third-order valence-corrected chi connectivity index (χ3v) is 8.09. The van der Waals surface area contributed by atoms with Gasteiger partial charge in [-0.3, -0.25) is 4.79 Å². The van der Waals surface area contributed by atoms with Crippen LogP contribution in [0.25, 0.3) is 0 Å². The lowest BCUT2D eigenvalue weighted by Gasteiger charge is -2.58. The normalized spacial score (nSPS) is 54.3. The van der Waals surface area contributed by atoms with Gasteiger partial charge in [0.15, 0.2) is 5.78 Å². The molecule has 0 saturated heterocycles. The van der Waals surface area contributed by atoms with E-state index in [1.54, 1.807) is 0 Å². The van der Waals surface area contributed by atoms with Gasteiger partial charge in [0.2, 0.25) is 0 Å². The van der Waals surface area contributed by atoms with Crippen LogP contribution in [0.3, 0.4) is 0 Å². The Balaban J connectivity index is 1.75. The second kappa shape index (κ2) is 4.69. The topological polar surface area (TPSA) is 37.3 Å². The number of carbonyl (C=O) groups excluding carboxylic acids is 1. The van der Waals surface area contributed by atoms with E-state index >= 15 is 0 Å². The summed E-state index contributed by atoms with van der Waals surface area (Å²) in [6.45, 7) is 7.24. The van der Waals surface area contributed by atoms with Crippen molar-refractivity contribution in [3.8, 4) is 0 Å². The zero-order valence-electron chi connectivity index (χ0n) is 14.3. The van der Waals surface area contributed by atoms with Gasteiger partial charge in [-0.2, -0.15) is 0 Å². The maximum absolute atomic E-state index is 12.0. The number of hydrogen-bond acceptors (Lipinski definition) is 2. The summed E-state index contributed by atoms with van der Waals surface area (Å²) < 4.78 is 0. The fourth-order valence-corrected chi connectivity index (χ4v) is 6.88. The molecule has 0 aromatic heterocycles. The lowest BCUT2D eigenvalue weighted by molar-refractivity contribution is -0.134. The fourth-order valence-electron chi connectivity index (χ4n) is 6.88. The number of fused-ring (bicyclic) bond motifs is 5.